The summed E-state index contributed by atoms with van der Waals surface area (Å²) in [5.74, 6) is 0. The lowest BCUT2D eigenvalue weighted by Gasteiger charge is -2.19. The van der Waals surface area contributed by atoms with E-state index in [4.69, 9.17) is 20.9 Å². The van der Waals surface area contributed by atoms with Crippen LogP contribution in [0.1, 0.15) is 83.1 Å². The quantitative estimate of drug-likeness (QED) is 0.156. The van der Waals surface area contributed by atoms with E-state index in [0.717, 1.165) is 32.7 Å². The van der Waals surface area contributed by atoms with Crippen LogP contribution in [-0.2, 0) is 9.47 Å². The molecule has 0 saturated heterocycles. The molecule has 11 nitrogen and oxygen atoms in total. The van der Waals surface area contributed by atoms with Crippen molar-refractivity contribution in [2.45, 2.75) is 94.3 Å². The molecule has 1 atom stereocenters. The number of ether oxygens (including phenoxy) is 2. The molecule has 0 aromatic carbocycles. The minimum absolute atomic E-state index is 0. The lowest BCUT2D eigenvalue weighted by atomic mass is 10.2. The highest BCUT2D eigenvalue weighted by molar-refractivity contribution is 6.92. The van der Waals surface area contributed by atoms with Crippen molar-refractivity contribution in [2.75, 3.05) is 52.4 Å². The second-order valence-electron chi connectivity index (χ2n) is 8.85. The summed E-state index contributed by atoms with van der Waals surface area (Å²) in [6.07, 6.45) is 0.480. The van der Waals surface area contributed by atoms with Crippen molar-refractivity contribution < 1.29 is 19.1 Å². The molecule has 11 N–H and O–H groups in total. The summed E-state index contributed by atoms with van der Waals surface area (Å²) in [7, 11) is 0. The standard InChI is InChI=1S/C9H20N2O2.C7H16N2O2.C4H12N2.C3H8.CH4.ClH.H3N.H3P/c1-5-10-6-7-11-8(12)13-9(2,3)4;1-7(2,3)11-6(10)9-5-4-8;1-2-6-4-3-5;1-3-2;;;;/h10H,5-7H2,1-4H3,(H,11,12);4-5,8H2,1-3H3,(H,9,10);6H,2-5H2,1H3;3H2,1-2H3;1H4;1H;2*1H3. The van der Waals surface area contributed by atoms with E-state index in [-0.39, 0.29) is 42.0 Å². The molecule has 0 saturated carbocycles. The maximum atomic E-state index is 11.1. The van der Waals surface area contributed by atoms with Crippen LogP contribution in [0.4, 0.5) is 9.59 Å². The van der Waals surface area contributed by atoms with Gasteiger partial charge < -0.3 is 48.4 Å². The third kappa shape index (κ3) is 78.7. The van der Waals surface area contributed by atoms with E-state index in [9.17, 15) is 9.59 Å². The van der Waals surface area contributed by atoms with Crippen LogP contribution in [0.5, 0.6) is 0 Å². The normalized spacial score (nSPS) is 9.08. The molecular formula is C24H67ClN7O4P. The largest absolute Gasteiger partial charge is 0.444 e. The van der Waals surface area contributed by atoms with Gasteiger partial charge in [-0.1, -0.05) is 41.5 Å². The van der Waals surface area contributed by atoms with Gasteiger partial charge in [0.1, 0.15) is 11.2 Å². The van der Waals surface area contributed by atoms with Gasteiger partial charge in [0.15, 0.2) is 0 Å². The Hall–Kier alpha value is -0.940. The van der Waals surface area contributed by atoms with Crippen molar-refractivity contribution in [1.29, 1.82) is 0 Å². The maximum Gasteiger partial charge on any atom is 0.407 e. The Labute approximate surface area is 239 Å². The molecule has 0 aromatic heterocycles. The van der Waals surface area contributed by atoms with Crippen molar-refractivity contribution in [1.82, 2.24) is 27.4 Å². The van der Waals surface area contributed by atoms with E-state index < -0.39 is 17.3 Å². The van der Waals surface area contributed by atoms with Gasteiger partial charge in [-0.2, -0.15) is 9.90 Å². The molecule has 0 aliphatic rings. The molecular weight excluding hydrogens is 517 g/mol. The number of alkyl carbamates (subject to hydrolysis) is 2. The number of nitrogens with one attached hydrogen (secondary N) is 4. The number of hydrogen-bond donors (Lipinski definition) is 7. The predicted molar refractivity (Wildman–Crippen MR) is 170 cm³/mol. The number of carbonyl (C=O) groups is 2. The highest BCUT2D eigenvalue weighted by Crippen LogP contribution is 2.06. The number of halogens is 1. The summed E-state index contributed by atoms with van der Waals surface area (Å²) in [6, 6.07) is 0. The van der Waals surface area contributed by atoms with Crippen LogP contribution < -0.4 is 38.9 Å². The van der Waals surface area contributed by atoms with Crippen LogP contribution in [0, 0.1) is 0 Å². The first-order valence-corrected chi connectivity index (χ1v) is 12.0. The van der Waals surface area contributed by atoms with Gasteiger partial charge in [0.25, 0.3) is 0 Å². The van der Waals surface area contributed by atoms with Crippen LogP contribution in [-0.4, -0.2) is 75.7 Å². The average molecular weight is 584 g/mol. The Morgan fingerprint density at radius 3 is 1.22 bits per heavy atom. The number of carbonyl (C=O) groups excluding carboxylic acids is 2. The first-order chi connectivity index (χ1) is 15.2. The summed E-state index contributed by atoms with van der Waals surface area (Å²) in [4.78, 5) is 21.9. The van der Waals surface area contributed by atoms with Gasteiger partial charge in [-0.05, 0) is 54.6 Å². The van der Waals surface area contributed by atoms with E-state index in [2.05, 4.69) is 42.0 Å². The van der Waals surface area contributed by atoms with Gasteiger partial charge in [0.2, 0.25) is 0 Å². The van der Waals surface area contributed by atoms with E-state index in [1.807, 2.05) is 48.5 Å². The lowest BCUT2D eigenvalue weighted by Crippen LogP contribution is -2.36. The van der Waals surface area contributed by atoms with Crippen LogP contribution in [0.15, 0.2) is 0 Å². The summed E-state index contributed by atoms with van der Waals surface area (Å²) < 4.78 is 9.97. The van der Waals surface area contributed by atoms with Crippen LogP contribution in [0.25, 0.3) is 0 Å². The van der Waals surface area contributed by atoms with Crippen LogP contribution in [0.2, 0.25) is 0 Å². The minimum atomic E-state index is -0.432. The topological polar surface area (TPSA) is 188 Å². The zero-order valence-electron chi connectivity index (χ0n) is 25.0. The zero-order valence-corrected chi connectivity index (χ0v) is 27.2. The summed E-state index contributed by atoms with van der Waals surface area (Å²) in [6.45, 7) is 25.2. The molecule has 0 aliphatic carbocycles. The second kappa shape index (κ2) is 39.6. The third-order valence-corrected chi connectivity index (χ3v) is 2.60. The van der Waals surface area contributed by atoms with Gasteiger partial charge >= 0.3 is 12.2 Å². The highest BCUT2D eigenvalue weighted by Gasteiger charge is 2.15. The molecule has 0 radical (unpaired) electrons. The van der Waals surface area contributed by atoms with Crippen LogP contribution >= 0.6 is 22.3 Å². The summed E-state index contributed by atoms with van der Waals surface area (Å²) in [5, 5.41) is 11.3. The van der Waals surface area contributed by atoms with E-state index in [1.54, 1.807) is 0 Å². The Kier molecular flexibility index (Phi) is 60.2. The maximum absolute atomic E-state index is 11.1. The van der Waals surface area contributed by atoms with Gasteiger partial charge in [0, 0.05) is 39.3 Å². The fourth-order valence-electron chi connectivity index (χ4n) is 1.51. The molecule has 0 aliphatic heterocycles. The number of nitrogens with two attached hydrogens (primary N) is 2. The number of likely N-dealkylation sites (N-methyl/N-ethyl adjacent to an activating group) is 2. The molecule has 0 heterocycles. The molecule has 0 aromatic rings. The third-order valence-electron chi connectivity index (χ3n) is 2.60. The molecule has 0 fully saturated rings. The molecule has 13 heteroatoms. The Morgan fingerprint density at radius 2 is 0.973 bits per heavy atom. The van der Waals surface area contributed by atoms with Crippen molar-refractivity contribution in [3.63, 3.8) is 0 Å². The number of hydrogen-bond acceptors (Lipinski definition) is 9. The van der Waals surface area contributed by atoms with Crippen molar-refractivity contribution in [2.24, 2.45) is 11.5 Å². The molecule has 37 heavy (non-hydrogen) atoms. The van der Waals surface area contributed by atoms with E-state index in [1.165, 1.54) is 6.42 Å². The molecule has 234 valence electrons. The first kappa shape index (κ1) is 56.3. The molecule has 1 unspecified atom stereocenters. The van der Waals surface area contributed by atoms with Crippen molar-refractivity contribution >= 4 is 34.5 Å². The molecule has 0 bridgehead atoms. The van der Waals surface area contributed by atoms with Gasteiger partial charge in [-0.3, -0.25) is 0 Å². The first-order valence-electron chi connectivity index (χ1n) is 12.0. The van der Waals surface area contributed by atoms with Gasteiger partial charge in [-0.15, -0.1) is 12.4 Å². The Morgan fingerprint density at radius 1 is 0.676 bits per heavy atom. The van der Waals surface area contributed by atoms with Gasteiger partial charge in [-0.25, -0.2) is 9.59 Å². The fraction of sp³-hybridized carbons (Fsp3) is 0.917. The predicted octanol–water partition coefficient (Wildman–Crippen LogP) is 3.84. The van der Waals surface area contributed by atoms with E-state index >= 15 is 0 Å². The number of rotatable bonds is 9. The highest BCUT2D eigenvalue weighted by atomic mass is 35.5. The number of amides is 2. The average Bonchev–Trinajstić information content (AvgIpc) is 2.67. The lowest BCUT2D eigenvalue weighted by molar-refractivity contribution is 0.0517. The Balaban J connectivity index is -0.0000000534. The molecule has 0 spiro atoms. The molecule has 2 amide bonds. The van der Waals surface area contributed by atoms with Crippen LogP contribution in [0.3, 0.4) is 0 Å². The van der Waals surface area contributed by atoms with Crippen molar-refractivity contribution in [3.8, 4) is 0 Å². The zero-order chi connectivity index (χ0) is 26.8. The minimum Gasteiger partial charge on any atom is -0.444 e. The smallest absolute Gasteiger partial charge is 0.407 e. The van der Waals surface area contributed by atoms with Gasteiger partial charge in [0.05, 0.1) is 0 Å². The summed E-state index contributed by atoms with van der Waals surface area (Å²) >= 11 is 0. The Bertz CT molecular complexity index is 436. The fourth-order valence-corrected chi connectivity index (χ4v) is 1.51. The monoisotopic (exact) mass is 583 g/mol. The SMILES string of the molecule is C.CC(C)(C)OC(=O)NCCN.CCC.CCNCCN.CCNCCNC(=O)OC(C)(C)C.Cl.N.P. The van der Waals surface area contributed by atoms with Crippen molar-refractivity contribution in [3.05, 3.63) is 0 Å². The van der Waals surface area contributed by atoms with E-state index in [0.29, 0.717) is 19.6 Å². The molecule has 0 rings (SSSR count). The second-order valence-corrected chi connectivity index (χ2v) is 8.85. The summed E-state index contributed by atoms with van der Waals surface area (Å²) in [5.41, 5.74) is 9.48.